The summed E-state index contributed by atoms with van der Waals surface area (Å²) in [6, 6.07) is 0. The maximum absolute atomic E-state index is 12.1. The third kappa shape index (κ3) is 5.29. The van der Waals surface area contributed by atoms with Gasteiger partial charge in [-0.2, -0.15) is 22.5 Å². The molecule has 0 radical (unpaired) electrons. The fourth-order valence-corrected chi connectivity index (χ4v) is 1.59. The molecule has 1 heterocycles. The fourth-order valence-electron chi connectivity index (χ4n) is 0.979. The van der Waals surface area contributed by atoms with E-state index in [0.717, 1.165) is 0 Å². The second-order valence-electron chi connectivity index (χ2n) is 3.40. The highest BCUT2D eigenvalue weighted by atomic mass is 32.1. The molecule has 0 bridgehead atoms. The van der Waals surface area contributed by atoms with Crippen LogP contribution in [0.5, 0.6) is 0 Å². The molecule has 17 heavy (non-hydrogen) atoms. The van der Waals surface area contributed by atoms with Crippen molar-refractivity contribution in [2.75, 3.05) is 25.0 Å². The van der Waals surface area contributed by atoms with Gasteiger partial charge in [0.25, 0.3) is 0 Å². The van der Waals surface area contributed by atoms with E-state index in [1.807, 2.05) is 0 Å². The SMILES string of the molecule is CC(O)CNCCNc1nc(C(F)(F)F)ns1. The Morgan fingerprint density at radius 1 is 1.41 bits per heavy atom. The zero-order valence-electron chi connectivity index (χ0n) is 9.08. The first-order chi connectivity index (χ1) is 7.89. The van der Waals surface area contributed by atoms with Gasteiger partial charge in [-0.05, 0) is 6.92 Å². The van der Waals surface area contributed by atoms with Crippen molar-refractivity contribution in [3.63, 3.8) is 0 Å². The fraction of sp³-hybridized carbons (Fsp3) is 0.750. The molecule has 0 aliphatic rings. The maximum atomic E-state index is 12.1. The molecule has 1 aromatic rings. The zero-order valence-corrected chi connectivity index (χ0v) is 9.90. The molecule has 5 nitrogen and oxygen atoms in total. The maximum Gasteiger partial charge on any atom is 0.452 e. The Balaban J connectivity index is 2.26. The zero-order chi connectivity index (χ0) is 12.9. The average Bonchev–Trinajstić information content (AvgIpc) is 2.64. The van der Waals surface area contributed by atoms with Crippen molar-refractivity contribution in [2.45, 2.75) is 19.2 Å². The lowest BCUT2D eigenvalue weighted by atomic mass is 10.4. The van der Waals surface area contributed by atoms with Crippen LogP contribution in [0.15, 0.2) is 0 Å². The predicted octanol–water partition coefficient (Wildman–Crippen LogP) is 0.939. The van der Waals surface area contributed by atoms with Crippen LogP contribution in [0.2, 0.25) is 0 Å². The Hall–Kier alpha value is -0.930. The summed E-state index contributed by atoms with van der Waals surface area (Å²) in [7, 11) is 0. The number of aromatic nitrogens is 2. The highest BCUT2D eigenvalue weighted by molar-refractivity contribution is 7.09. The average molecular weight is 270 g/mol. The molecule has 1 unspecified atom stereocenters. The Kier molecular flexibility index (Phi) is 5.09. The van der Waals surface area contributed by atoms with Crippen LogP contribution in [0.25, 0.3) is 0 Å². The van der Waals surface area contributed by atoms with E-state index in [9.17, 15) is 13.2 Å². The minimum Gasteiger partial charge on any atom is -0.392 e. The van der Waals surface area contributed by atoms with Crippen molar-refractivity contribution in [3.8, 4) is 0 Å². The molecule has 0 aromatic carbocycles. The molecule has 0 aliphatic carbocycles. The van der Waals surface area contributed by atoms with Crippen LogP contribution in [0.1, 0.15) is 12.7 Å². The van der Waals surface area contributed by atoms with Crippen LogP contribution in [0, 0.1) is 0 Å². The lowest BCUT2D eigenvalue weighted by molar-refractivity contribution is -0.144. The van der Waals surface area contributed by atoms with E-state index in [1.165, 1.54) is 0 Å². The number of anilines is 1. The lowest BCUT2D eigenvalue weighted by Gasteiger charge is -2.06. The molecule has 0 spiro atoms. The Morgan fingerprint density at radius 2 is 2.12 bits per heavy atom. The smallest absolute Gasteiger partial charge is 0.392 e. The molecule has 0 saturated heterocycles. The summed E-state index contributed by atoms with van der Waals surface area (Å²) < 4.78 is 39.6. The van der Waals surface area contributed by atoms with Gasteiger partial charge >= 0.3 is 6.18 Å². The van der Waals surface area contributed by atoms with E-state index in [2.05, 4.69) is 20.0 Å². The van der Waals surface area contributed by atoms with Gasteiger partial charge in [-0.1, -0.05) is 0 Å². The van der Waals surface area contributed by atoms with Crippen molar-refractivity contribution in [1.29, 1.82) is 0 Å². The minimum absolute atomic E-state index is 0.135. The van der Waals surface area contributed by atoms with Crippen molar-refractivity contribution < 1.29 is 18.3 Å². The molecule has 0 amide bonds. The van der Waals surface area contributed by atoms with E-state index in [0.29, 0.717) is 31.2 Å². The number of aliphatic hydroxyl groups is 1. The number of halogens is 3. The second kappa shape index (κ2) is 6.12. The monoisotopic (exact) mass is 270 g/mol. The third-order valence-electron chi connectivity index (χ3n) is 1.70. The van der Waals surface area contributed by atoms with Gasteiger partial charge in [0.2, 0.25) is 11.0 Å². The van der Waals surface area contributed by atoms with Crippen LogP contribution < -0.4 is 10.6 Å². The summed E-state index contributed by atoms with van der Waals surface area (Å²) in [5.74, 6) is -1.12. The molecule has 1 aromatic heterocycles. The molecule has 3 N–H and O–H groups in total. The molecule has 0 aliphatic heterocycles. The predicted molar refractivity (Wildman–Crippen MR) is 58.0 cm³/mol. The van der Waals surface area contributed by atoms with Crippen LogP contribution in [0.3, 0.4) is 0 Å². The van der Waals surface area contributed by atoms with E-state index >= 15 is 0 Å². The van der Waals surface area contributed by atoms with Crippen LogP contribution in [0.4, 0.5) is 18.3 Å². The van der Waals surface area contributed by atoms with E-state index < -0.39 is 18.1 Å². The summed E-state index contributed by atoms with van der Waals surface area (Å²) >= 11 is 0.671. The van der Waals surface area contributed by atoms with Crippen molar-refractivity contribution in [3.05, 3.63) is 5.82 Å². The van der Waals surface area contributed by atoms with Gasteiger partial charge in [0.1, 0.15) is 0 Å². The van der Waals surface area contributed by atoms with Crippen molar-refractivity contribution >= 4 is 16.7 Å². The quantitative estimate of drug-likeness (QED) is 0.671. The molecule has 9 heteroatoms. The number of hydrogen-bond acceptors (Lipinski definition) is 6. The first-order valence-electron chi connectivity index (χ1n) is 4.93. The first-order valence-corrected chi connectivity index (χ1v) is 5.70. The van der Waals surface area contributed by atoms with Gasteiger partial charge in [-0.3, -0.25) is 0 Å². The lowest BCUT2D eigenvalue weighted by Crippen LogP contribution is -2.28. The minimum atomic E-state index is -4.50. The second-order valence-corrected chi connectivity index (χ2v) is 4.15. The number of hydrogen-bond donors (Lipinski definition) is 3. The number of rotatable bonds is 6. The molecular weight excluding hydrogens is 257 g/mol. The van der Waals surface area contributed by atoms with Crippen LogP contribution in [-0.4, -0.2) is 40.2 Å². The Labute approximate surface area is 100 Å². The van der Waals surface area contributed by atoms with Crippen LogP contribution in [-0.2, 0) is 6.18 Å². The molecule has 1 atom stereocenters. The number of alkyl halides is 3. The van der Waals surface area contributed by atoms with Gasteiger partial charge < -0.3 is 15.7 Å². The standard InChI is InChI=1S/C8H13F3N4OS/c1-5(16)4-12-2-3-13-7-14-6(15-17-7)8(9,10)11/h5,12,16H,2-4H2,1H3,(H,13,14,15). The summed E-state index contributed by atoms with van der Waals surface area (Å²) in [6.07, 6.45) is -4.95. The summed E-state index contributed by atoms with van der Waals surface area (Å²) in [6.45, 7) is 3.01. The Bertz CT molecular complexity index is 342. The summed E-state index contributed by atoms with van der Waals surface area (Å²) in [5, 5.41) is 14.7. The highest BCUT2D eigenvalue weighted by Gasteiger charge is 2.35. The van der Waals surface area contributed by atoms with E-state index in [1.54, 1.807) is 6.92 Å². The summed E-state index contributed by atoms with van der Waals surface area (Å²) in [5.41, 5.74) is 0. The molecule has 0 fully saturated rings. The van der Waals surface area contributed by atoms with Gasteiger partial charge in [0.05, 0.1) is 6.10 Å². The normalized spacial score (nSPS) is 13.7. The summed E-state index contributed by atoms with van der Waals surface area (Å²) in [4.78, 5) is 3.31. The van der Waals surface area contributed by atoms with E-state index in [4.69, 9.17) is 5.11 Å². The third-order valence-corrected chi connectivity index (χ3v) is 2.37. The largest absolute Gasteiger partial charge is 0.452 e. The topological polar surface area (TPSA) is 70.1 Å². The van der Waals surface area contributed by atoms with Gasteiger partial charge in [0.15, 0.2) is 0 Å². The van der Waals surface area contributed by atoms with Crippen LogP contribution >= 0.6 is 11.5 Å². The highest BCUT2D eigenvalue weighted by Crippen LogP contribution is 2.28. The number of aliphatic hydroxyl groups excluding tert-OH is 1. The van der Waals surface area contributed by atoms with Crippen molar-refractivity contribution in [2.24, 2.45) is 0 Å². The molecule has 0 saturated carbocycles. The first kappa shape index (κ1) is 14.1. The van der Waals surface area contributed by atoms with Gasteiger partial charge in [0, 0.05) is 31.2 Å². The number of nitrogens with zero attached hydrogens (tertiary/aromatic N) is 2. The van der Waals surface area contributed by atoms with E-state index in [-0.39, 0.29) is 5.13 Å². The molecule has 98 valence electrons. The van der Waals surface area contributed by atoms with Crippen molar-refractivity contribution in [1.82, 2.24) is 14.7 Å². The molecular formula is C8H13F3N4OS. The molecule has 1 rings (SSSR count). The number of nitrogens with one attached hydrogen (secondary N) is 2. The van der Waals surface area contributed by atoms with Gasteiger partial charge in [-0.15, -0.1) is 0 Å². The van der Waals surface area contributed by atoms with Gasteiger partial charge in [-0.25, -0.2) is 0 Å². The Morgan fingerprint density at radius 3 is 2.65 bits per heavy atom.